The van der Waals surface area contributed by atoms with Gasteiger partial charge >= 0.3 is 0 Å². The molecule has 0 saturated carbocycles. The van der Waals surface area contributed by atoms with Gasteiger partial charge in [0.2, 0.25) is 0 Å². The first-order valence-electron chi connectivity index (χ1n) is 7.35. The van der Waals surface area contributed by atoms with E-state index in [1.807, 2.05) is 30.3 Å². The molecule has 0 aliphatic carbocycles. The Bertz CT molecular complexity index is 868. The van der Waals surface area contributed by atoms with Crippen molar-refractivity contribution in [3.8, 4) is 0 Å². The van der Waals surface area contributed by atoms with Crippen molar-refractivity contribution in [2.75, 3.05) is 10.6 Å². The highest BCUT2D eigenvalue weighted by atomic mass is 35.5. The minimum absolute atomic E-state index is 0.265. The van der Waals surface area contributed by atoms with Crippen LogP contribution in [0.3, 0.4) is 0 Å². The fourth-order valence-electron chi connectivity index (χ4n) is 2.17. The van der Waals surface area contributed by atoms with Gasteiger partial charge in [0.25, 0.3) is 5.91 Å². The largest absolute Gasteiger partial charge is 0.340 e. The molecule has 3 rings (SSSR count). The number of hydrogen-bond donors (Lipinski definition) is 2. The highest BCUT2D eigenvalue weighted by molar-refractivity contribution is 6.33. The molecule has 0 fully saturated rings. The van der Waals surface area contributed by atoms with Crippen molar-refractivity contribution < 1.29 is 4.79 Å². The molecule has 3 aromatic rings. The Labute approximate surface area is 144 Å². The van der Waals surface area contributed by atoms with Crippen molar-refractivity contribution in [3.63, 3.8) is 0 Å². The van der Waals surface area contributed by atoms with Gasteiger partial charge in [-0.3, -0.25) is 4.79 Å². The lowest BCUT2D eigenvalue weighted by Crippen LogP contribution is -2.15. The van der Waals surface area contributed by atoms with E-state index in [9.17, 15) is 4.79 Å². The molecule has 1 amide bonds. The van der Waals surface area contributed by atoms with Gasteiger partial charge in [-0.2, -0.15) is 0 Å². The molecule has 0 aliphatic heterocycles. The number of aryl methyl sites for hydroxylation is 1. The number of anilines is 3. The summed E-state index contributed by atoms with van der Waals surface area (Å²) in [5, 5.41) is 6.39. The van der Waals surface area contributed by atoms with Crippen LogP contribution in [0, 0.1) is 6.92 Å². The molecule has 2 aromatic carbocycles. The first-order chi connectivity index (χ1) is 11.6. The molecule has 6 heteroatoms. The van der Waals surface area contributed by atoms with Crippen LogP contribution in [0.1, 0.15) is 16.3 Å². The second-order valence-electron chi connectivity index (χ2n) is 5.11. The van der Waals surface area contributed by atoms with E-state index >= 15 is 0 Å². The second-order valence-corrected chi connectivity index (χ2v) is 5.52. The van der Waals surface area contributed by atoms with Crippen LogP contribution in [0.2, 0.25) is 5.02 Å². The molecule has 0 spiro atoms. The van der Waals surface area contributed by atoms with E-state index in [4.69, 9.17) is 11.6 Å². The Kier molecular flexibility index (Phi) is 4.72. The fraction of sp³-hybridized carbons (Fsp3) is 0.0556. The number of para-hydroxylation sites is 2. The van der Waals surface area contributed by atoms with Crippen LogP contribution < -0.4 is 10.6 Å². The van der Waals surface area contributed by atoms with E-state index < -0.39 is 0 Å². The molecule has 24 heavy (non-hydrogen) atoms. The minimum Gasteiger partial charge on any atom is -0.340 e. The van der Waals surface area contributed by atoms with Crippen LogP contribution in [0.25, 0.3) is 0 Å². The molecule has 0 saturated heterocycles. The lowest BCUT2D eigenvalue weighted by Gasteiger charge is -2.10. The summed E-state index contributed by atoms with van der Waals surface area (Å²) >= 11 is 6.07. The topological polar surface area (TPSA) is 66.9 Å². The van der Waals surface area contributed by atoms with Crippen molar-refractivity contribution in [1.82, 2.24) is 9.97 Å². The van der Waals surface area contributed by atoms with Gasteiger partial charge in [-0.1, -0.05) is 41.9 Å². The number of benzene rings is 2. The Morgan fingerprint density at radius 1 is 1.00 bits per heavy atom. The van der Waals surface area contributed by atoms with E-state index in [1.165, 1.54) is 0 Å². The van der Waals surface area contributed by atoms with Gasteiger partial charge in [0.1, 0.15) is 17.3 Å². The van der Waals surface area contributed by atoms with Crippen LogP contribution in [0.15, 0.2) is 60.7 Å². The number of aromatic nitrogens is 2. The molecule has 1 heterocycles. The molecule has 1 aromatic heterocycles. The SMILES string of the molecule is Cc1nc(Nc2ccccc2)cc(C(=O)Nc2ccccc2Cl)n1. The number of carbonyl (C=O) groups excluding carboxylic acids is 1. The van der Waals surface area contributed by atoms with Crippen molar-refractivity contribution >= 4 is 34.7 Å². The first-order valence-corrected chi connectivity index (χ1v) is 7.73. The van der Waals surface area contributed by atoms with Crippen molar-refractivity contribution in [1.29, 1.82) is 0 Å². The van der Waals surface area contributed by atoms with E-state index in [0.29, 0.717) is 22.4 Å². The summed E-state index contributed by atoms with van der Waals surface area (Å²) in [6.45, 7) is 1.74. The Hall–Kier alpha value is -2.92. The predicted molar refractivity (Wildman–Crippen MR) is 95.9 cm³/mol. The third kappa shape index (κ3) is 3.88. The van der Waals surface area contributed by atoms with Gasteiger partial charge in [0, 0.05) is 11.8 Å². The van der Waals surface area contributed by atoms with Crippen LogP contribution in [-0.2, 0) is 0 Å². The van der Waals surface area contributed by atoms with Crippen molar-refractivity contribution in [2.45, 2.75) is 6.92 Å². The number of nitrogens with one attached hydrogen (secondary N) is 2. The highest BCUT2D eigenvalue weighted by Gasteiger charge is 2.12. The van der Waals surface area contributed by atoms with Crippen molar-refractivity contribution in [3.05, 3.63) is 77.2 Å². The number of nitrogens with zero attached hydrogens (tertiary/aromatic N) is 2. The summed E-state index contributed by atoms with van der Waals surface area (Å²) in [7, 11) is 0. The van der Waals surface area contributed by atoms with Crippen LogP contribution in [0.4, 0.5) is 17.2 Å². The smallest absolute Gasteiger partial charge is 0.274 e. The van der Waals surface area contributed by atoms with Gasteiger partial charge in [-0.05, 0) is 31.2 Å². The van der Waals surface area contributed by atoms with Crippen LogP contribution in [-0.4, -0.2) is 15.9 Å². The monoisotopic (exact) mass is 338 g/mol. The molecule has 0 radical (unpaired) electrons. The minimum atomic E-state index is -0.343. The molecule has 0 atom stereocenters. The zero-order valence-electron chi connectivity index (χ0n) is 13.0. The summed E-state index contributed by atoms with van der Waals surface area (Å²) in [5.74, 6) is 0.711. The Balaban J connectivity index is 1.83. The summed E-state index contributed by atoms with van der Waals surface area (Å²) in [5.41, 5.74) is 1.69. The number of halogens is 1. The van der Waals surface area contributed by atoms with Gasteiger partial charge < -0.3 is 10.6 Å². The van der Waals surface area contributed by atoms with E-state index in [2.05, 4.69) is 20.6 Å². The first kappa shape index (κ1) is 16.0. The zero-order chi connectivity index (χ0) is 16.9. The molecular weight excluding hydrogens is 324 g/mol. The summed E-state index contributed by atoms with van der Waals surface area (Å²) in [6.07, 6.45) is 0. The Morgan fingerprint density at radius 3 is 2.46 bits per heavy atom. The molecule has 0 unspecified atom stereocenters. The summed E-state index contributed by atoms with van der Waals surface area (Å²) in [4.78, 5) is 20.9. The maximum Gasteiger partial charge on any atom is 0.274 e. The van der Waals surface area contributed by atoms with E-state index in [0.717, 1.165) is 5.69 Å². The summed E-state index contributed by atoms with van der Waals surface area (Å²) < 4.78 is 0. The normalized spacial score (nSPS) is 10.2. The predicted octanol–water partition coefficient (Wildman–Crippen LogP) is 4.43. The third-order valence-corrected chi connectivity index (χ3v) is 3.57. The quantitative estimate of drug-likeness (QED) is 0.738. The van der Waals surface area contributed by atoms with Crippen LogP contribution >= 0.6 is 11.6 Å². The van der Waals surface area contributed by atoms with Gasteiger partial charge in [-0.15, -0.1) is 0 Å². The second kappa shape index (κ2) is 7.10. The lowest BCUT2D eigenvalue weighted by molar-refractivity contribution is 0.102. The molecule has 5 nitrogen and oxygen atoms in total. The lowest BCUT2D eigenvalue weighted by atomic mass is 10.3. The zero-order valence-corrected chi connectivity index (χ0v) is 13.7. The van der Waals surface area contributed by atoms with Gasteiger partial charge in [0.05, 0.1) is 10.7 Å². The molecule has 0 aliphatic rings. The average Bonchev–Trinajstić information content (AvgIpc) is 2.57. The fourth-order valence-corrected chi connectivity index (χ4v) is 2.35. The van der Waals surface area contributed by atoms with Crippen molar-refractivity contribution in [2.24, 2.45) is 0 Å². The molecule has 0 bridgehead atoms. The molecular formula is C18H15ClN4O. The van der Waals surface area contributed by atoms with E-state index in [1.54, 1.807) is 37.3 Å². The number of rotatable bonds is 4. The van der Waals surface area contributed by atoms with Gasteiger partial charge in [-0.25, -0.2) is 9.97 Å². The highest BCUT2D eigenvalue weighted by Crippen LogP contribution is 2.21. The standard InChI is InChI=1S/C18H15ClN4O/c1-12-20-16(18(24)23-15-10-6-5-9-14(15)19)11-17(21-12)22-13-7-3-2-4-8-13/h2-11H,1H3,(H,23,24)(H,20,21,22). The average molecular weight is 339 g/mol. The maximum absolute atomic E-state index is 12.4. The number of hydrogen-bond acceptors (Lipinski definition) is 4. The molecule has 120 valence electrons. The van der Waals surface area contributed by atoms with Crippen LogP contribution in [0.5, 0.6) is 0 Å². The molecule has 2 N–H and O–H groups in total. The Morgan fingerprint density at radius 2 is 1.71 bits per heavy atom. The third-order valence-electron chi connectivity index (χ3n) is 3.24. The maximum atomic E-state index is 12.4. The van der Waals surface area contributed by atoms with Gasteiger partial charge in [0.15, 0.2) is 0 Å². The summed E-state index contributed by atoms with van der Waals surface area (Å²) in [6, 6.07) is 18.3. The number of amides is 1. The number of carbonyl (C=O) groups is 1. The van der Waals surface area contributed by atoms with E-state index in [-0.39, 0.29) is 11.6 Å².